The highest BCUT2D eigenvalue weighted by molar-refractivity contribution is 7.89. The number of fused-ring (bicyclic) bond motifs is 3. The summed E-state index contributed by atoms with van der Waals surface area (Å²) in [6.07, 6.45) is 9.00. The third-order valence-electron chi connectivity index (χ3n) is 18.2. The summed E-state index contributed by atoms with van der Waals surface area (Å²) in [7, 11) is -1.97. The quantitative estimate of drug-likeness (QED) is 0.149. The standard InChI is InChI=1S/C51H75NO7S/c1-12-50(13-2,52-60(54,55)38-21-19-35(5)20-22-38)32-59-44-41(56-11)29-51-33-57-31-47(44,8)42(51)24-23-39-40(51)25-26-49(10)43(45(53)58-30-37-17-15-14-16-18-37)46(7,36(6)34(3)4)27-28-48(39,49)9/h14-22,25,34,36,39,41-44,52H,12-13,23-24,26-33H2,1-11H3/t36-,39+,41-,42+,43-,44+,46-,47+,48-,49+,51+/m1/s1. The number of nitrogens with one attached hydrogen (secondary N) is 1. The van der Waals surface area contributed by atoms with Crippen molar-refractivity contribution in [3.63, 3.8) is 0 Å². The maximum absolute atomic E-state index is 14.8. The molecule has 11 atom stereocenters. The predicted molar refractivity (Wildman–Crippen MR) is 238 cm³/mol. The van der Waals surface area contributed by atoms with E-state index in [1.54, 1.807) is 12.1 Å². The van der Waals surface area contributed by atoms with E-state index in [1.807, 2.05) is 70.3 Å². The molecule has 4 aliphatic carbocycles. The summed E-state index contributed by atoms with van der Waals surface area (Å²) < 4.78 is 57.3. The van der Waals surface area contributed by atoms with E-state index >= 15 is 0 Å². The first-order valence-electron chi connectivity index (χ1n) is 23.0. The van der Waals surface area contributed by atoms with E-state index in [2.05, 4.69) is 59.3 Å². The number of esters is 1. The fourth-order valence-electron chi connectivity index (χ4n) is 13.8. The third-order valence-corrected chi connectivity index (χ3v) is 19.8. The largest absolute Gasteiger partial charge is 0.461 e. The van der Waals surface area contributed by atoms with Crippen LogP contribution in [0.15, 0.2) is 71.1 Å². The molecule has 9 heteroatoms. The van der Waals surface area contributed by atoms with E-state index in [1.165, 1.54) is 5.57 Å². The van der Waals surface area contributed by atoms with Crippen molar-refractivity contribution in [3.05, 3.63) is 77.4 Å². The zero-order chi connectivity index (χ0) is 43.5. The van der Waals surface area contributed by atoms with Crippen LogP contribution in [-0.2, 0) is 40.4 Å². The van der Waals surface area contributed by atoms with Crippen LogP contribution < -0.4 is 4.72 Å². The van der Waals surface area contributed by atoms with Gasteiger partial charge in [0.05, 0.1) is 48.4 Å². The molecular formula is C51H75NO7S. The Morgan fingerprint density at radius 2 is 1.62 bits per heavy atom. The zero-order valence-electron chi connectivity index (χ0n) is 38.6. The van der Waals surface area contributed by atoms with Crippen molar-refractivity contribution >= 4 is 16.0 Å². The van der Waals surface area contributed by atoms with Crippen molar-refractivity contribution in [1.82, 2.24) is 4.72 Å². The van der Waals surface area contributed by atoms with Crippen molar-refractivity contribution in [1.29, 1.82) is 0 Å². The molecular weight excluding hydrogens is 771 g/mol. The van der Waals surface area contributed by atoms with Crippen molar-refractivity contribution < 1.29 is 32.2 Å². The van der Waals surface area contributed by atoms with Crippen LogP contribution in [0.3, 0.4) is 0 Å². The van der Waals surface area contributed by atoms with Crippen molar-refractivity contribution in [2.45, 2.75) is 150 Å². The summed E-state index contributed by atoms with van der Waals surface area (Å²) in [5.41, 5.74) is 1.57. The van der Waals surface area contributed by atoms with Crippen LogP contribution in [0, 0.1) is 63.6 Å². The first kappa shape index (κ1) is 45.5. The summed E-state index contributed by atoms with van der Waals surface area (Å²) >= 11 is 0. The van der Waals surface area contributed by atoms with E-state index in [0.717, 1.165) is 49.7 Å². The molecule has 0 aromatic heterocycles. The summed E-state index contributed by atoms with van der Waals surface area (Å²) in [6.45, 7) is 24.4. The first-order valence-corrected chi connectivity index (χ1v) is 24.5. The molecule has 332 valence electrons. The van der Waals surface area contributed by atoms with Gasteiger partial charge in [-0.1, -0.05) is 122 Å². The lowest BCUT2D eigenvalue weighted by Crippen LogP contribution is -2.70. The van der Waals surface area contributed by atoms with Crippen LogP contribution >= 0.6 is 0 Å². The summed E-state index contributed by atoms with van der Waals surface area (Å²) in [5.74, 6) is 1.10. The molecule has 2 bridgehead atoms. The number of aryl methyl sites for hydroxylation is 1. The van der Waals surface area contributed by atoms with Gasteiger partial charge in [0.2, 0.25) is 10.0 Å². The van der Waals surface area contributed by atoms with Gasteiger partial charge in [0.1, 0.15) is 6.61 Å². The Morgan fingerprint density at radius 3 is 2.25 bits per heavy atom. The molecule has 1 aliphatic heterocycles. The number of carbonyl (C=O) groups excluding carboxylic acids is 1. The Bertz CT molecular complexity index is 2000. The number of methoxy groups -OCH3 is 1. The number of rotatable bonds is 14. The molecule has 5 aliphatic rings. The lowest BCUT2D eigenvalue weighted by Gasteiger charge is -2.71. The van der Waals surface area contributed by atoms with Gasteiger partial charge in [0.25, 0.3) is 0 Å². The van der Waals surface area contributed by atoms with E-state index < -0.39 is 15.6 Å². The molecule has 7 rings (SSSR count). The van der Waals surface area contributed by atoms with Crippen LogP contribution in [0.5, 0.6) is 0 Å². The monoisotopic (exact) mass is 846 g/mol. The van der Waals surface area contributed by atoms with E-state index in [9.17, 15) is 13.2 Å². The topological polar surface area (TPSA) is 100 Å². The molecule has 1 saturated heterocycles. The molecule has 2 aromatic rings. The lowest BCUT2D eigenvalue weighted by molar-refractivity contribution is -0.269. The predicted octanol–water partition coefficient (Wildman–Crippen LogP) is 10.5. The Hall–Kier alpha value is -2.56. The zero-order valence-corrected chi connectivity index (χ0v) is 39.4. The number of carbonyl (C=O) groups is 1. The van der Waals surface area contributed by atoms with Gasteiger partial charge in [-0.25, -0.2) is 13.1 Å². The number of ether oxygens (including phenoxy) is 4. The van der Waals surface area contributed by atoms with E-state index in [0.29, 0.717) is 49.7 Å². The Labute approximate surface area is 362 Å². The third kappa shape index (κ3) is 7.26. The van der Waals surface area contributed by atoms with Gasteiger partial charge in [-0.3, -0.25) is 4.79 Å². The average Bonchev–Trinajstić information content (AvgIpc) is 3.22. The Kier molecular flexibility index (Phi) is 12.5. The SMILES string of the molecule is CCC(CC)(CO[C@H]1[C@H](OC)C[C@@]23COC[C@@]1(C)[C@@H]2CC[C@H]1C3=CC[C@@]2(C)[C@H](C(=O)OCc3ccccc3)[C@@](C)([C@H](C)C(C)C)CC[C@]12C)NS(=O)(=O)c1ccc(C)cc1. The highest BCUT2D eigenvalue weighted by Crippen LogP contribution is 2.75. The van der Waals surface area contributed by atoms with Gasteiger partial charge in [0, 0.05) is 17.9 Å². The normalized spacial score (nSPS) is 37.0. The first-order chi connectivity index (χ1) is 28.3. The fraction of sp³-hybridized carbons (Fsp3) is 0.706. The summed E-state index contributed by atoms with van der Waals surface area (Å²) in [4.78, 5) is 15.1. The van der Waals surface area contributed by atoms with Crippen LogP contribution in [-0.4, -0.2) is 59.1 Å². The van der Waals surface area contributed by atoms with Crippen LogP contribution in [0.1, 0.15) is 125 Å². The van der Waals surface area contributed by atoms with Crippen molar-refractivity contribution in [2.24, 2.45) is 56.7 Å². The molecule has 2 aromatic carbocycles. The average molecular weight is 846 g/mol. The van der Waals surface area contributed by atoms with E-state index in [4.69, 9.17) is 18.9 Å². The minimum absolute atomic E-state index is 0.0481. The highest BCUT2D eigenvalue weighted by atomic mass is 32.2. The Morgan fingerprint density at radius 1 is 0.933 bits per heavy atom. The number of sulfonamides is 1. The summed E-state index contributed by atoms with van der Waals surface area (Å²) in [6, 6.07) is 17.1. The molecule has 3 saturated carbocycles. The van der Waals surface area contributed by atoms with Crippen LogP contribution in [0.25, 0.3) is 0 Å². The van der Waals surface area contributed by atoms with Gasteiger partial charge in [-0.2, -0.15) is 0 Å². The number of hydrogen-bond donors (Lipinski definition) is 1. The minimum atomic E-state index is -3.78. The van der Waals surface area contributed by atoms with Gasteiger partial charge >= 0.3 is 5.97 Å². The lowest BCUT2D eigenvalue weighted by atomic mass is 9.34. The van der Waals surface area contributed by atoms with Gasteiger partial charge < -0.3 is 18.9 Å². The van der Waals surface area contributed by atoms with Gasteiger partial charge in [0.15, 0.2) is 0 Å². The maximum atomic E-state index is 14.8. The molecule has 0 unspecified atom stereocenters. The van der Waals surface area contributed by atoms with Crippen molar-refractivity contribution in [2.75, 3.05) is 26.9 Å². The molecule has 8 nitrogen and oxygen atoms in total. The molecule has 60 heavy (non-hydrogen) atoms. The summed E-state index contributed by atoms with van der Waals surface area (Å²) in [5, 5.41) is 0. The minimum Gasteiger partial charge on any atom is -0.461 e. The second-order valence-electron chi connectivity index (χ2n) is 21.2. The molecule has 0 radical (unpaired) electrons. The smallest absolute Gasteiger partial charge is 0.310 e. The highest BCUT2D eigenvalue weighted by Gasteiger charge is 2.72. The Balaban J connectivity index is 1.20. The van der Waals surface area contributed by atoms with Gasteiger partial charge in [-0.05, 0) is 116 Å². The van der Waals surface area contributed by atoms with Crippen LogP contribution in [0.4, 0.5) is 0 Å². The van der Waals surface area contributed by atoms with Crippen LogP contribution in [0.2, 0.25) is 0 Å². The maximum Gasteiger partial charge on any atom is 0.310 e. The molecule has 4 fully saturated rings. The second kappa shape index (κ2) is 16.5. The van der Waals surface area contributed by atoms with Gasteiger partial charge in [-0.15, -0.1) is 0 Å². The second-order valence-corrected chi connectivity index (χ2v) is 22.9. The van der Waals surface area contributed by atoms with Crippen molar-refractivity contribution in [3.8, 4) is 0 Å². The number of benzene rings is 2. The molecule has 1 heterocycles. The number of allylic oxidation sites excluding steroid dienone is 1. The number of hydrogen-bond acceptors (Lipinski definition) is 7. The molecule has 1 N–H and O–H groups in total. The fourth-order valence-corrected chi connectivity index (χ4v) is 15.3. The molecule has 0 spiro atoms. The molecule has 0 amide bonds. The van der Waals surface area contributed by atoms with E-state index in [-0.39, 0.29) is 69.3 Å².